The first kappa shape index (κ1) is 30.5. The Balaban J connectivity index is 0.000000462. The lowest BCUT2D eigenvalue weighted by Gasteiger charge is -2.33. The lowest BCUT2D eigenvalue weighted by atomic mass is 10.1. The molecule has 0 saturated carbocycles. The molecule has 3 unspecified atom stereocenters. The summed E-state index contributed by atoms with van der Waals surface area (Å²) < 4.78 is 10.7. The van der Waals surface area contributed by atoms with Crippen molar-refractivity contribution in [2.24, 2.45) is 11.5 Å². The number of hydrogen-bond donors (Lipinski definition) is 2. The summed E-state index contributed by atoms with van der Waals surface area (Å²) in [7, 11) is 3.34. The fourth-order valence-corrected chi connectivity index (χ4v) is 4.29. The minimum atomic E-state index is -0.986. The Morgan fingerprint density at radius 2 is 2.06 bits per heavy atom. The molecule has 2 saturated heterocycles. The van der Waals surface area contributed by atoms with Gasteiger partial charge < -0.3 is 30.6 Å². The minimum absolute atomic E-state index is 0.144. The third kappa shape index (κ3) is 9.23. The number of carbonyl (C=O) groups excluding carboxylic acids is 3. The molecule has 2 aliphatic heterocycles. The quantitative estimate of drug-likeness (QED) is 0.446. The van der Waals surface area contributed by atoms with Gasteiger partial charge in [0.2, 0.25) is 5.91 Å². The van der Waals surface area contributed by atoms with Gasteiger partial charge in [0.25, 0.3) is 5.91 Å². The molecule has 2 fully saturated rings. The van der Waals surface area contributed by atoms with E-state index in [4.69, 9.17) is 20.9 Å². The summed E-state index contributed by atoms with van der Waals surface area (Å²) in [6, 6.07) is -0.830. The van der Waals surface area contributed by atoms with Gasteiger partial charge >= 0.3 is 0 Å². The average Bonchev–Trinajstić information content (AvgIpc) is 3.22. The number of carbonyl (C=O) groups is 3. The maximum absolute atomic E-state index is 12.6. The molecule has 198 valence electrons. The monoisotopic (exact) mass is 492 g/mol. The van der Waals surface area contributed by atoms with Crippen LogP contribution in [0.1, 0.15) is 52.9 Å². The molecule has 2 rings (SSSR count). The van der Waals surface area contributed by atoms with Crippen molar-refractivity contribution < 1.29 is 23.9 Å². The number of allylic oxidation sites excluding steroid dienone is 4. The molecule has 0 radical (unpaired) electrons. The second-order valence-corrected chi connectivity index (χ2v) is 9.40. The van der Waals surface area contributed by atoms with E-state index >= 15 is 0 Å². The highest BCUT2D eigenvalue weighted by Crippen LogP contribution is 2.25. The van der Waals surface area contributed by atoms with E-state index in [2.05, 4.69) is 6.58 Å². The summed E-state index contributed by atoms with van der Waals surface area (Å²) in [4.78, 5) is 38.4. The van der Waals surface area contributed by atoms with Gasteiger partial charge in [0, 0.05) is 26.2 Å². The van der Waals surface area contributed by atoms with E-state index in [1.54, 1.807) is 18.7 Å². The van der Waals surface area contributed by atoms with Crippen LogP contribution in [0, 0.1) is 0 Å². The van der Waals surface area contributed by atoms with Gasteiger partial charge in [-0.15, -0.1) is 0 Å². The molecule has 3 atom stereocenters. The van der Waals surface area contributed by atoms with Gasteiger partial charge in [-0.05, 0) is 71.6 Å². The number of hydrogen-bond acceptors (Lipinski definition) is 7. The first-order valence-corrected chi connectivity index (χ1v) is 12.2. The molecule has 0 aromatic heterocycles. The second-order valence-electron chi connectivity index (χ2n) is 9.40. The summed E-state index contributed by atoms with van der Waals surface area (Å²) in [6.07, 6.45) is 11.0. The van der Waals surface area contributed by atoms with E-state index in [1.807, 2.05) is 37.1 Å². The van der Waals surface area contributed by atoms with Crippen LogP contribution in [0.25, 0.3) is 0 Å². The predicted molar refractivity (Wildman–Crippen MR) is 137 cm³/mol. The van der Waals surface area contributed by atoms with Crippen LogP contribution in [-0.2, 0) is 23.9 Å². The lowest BCUT2D eigenvalue weighted by molar-refractivity contribution is -0.151. The smallest absolute Gasteiger partial charge is 0.254 e. The highest BCUT2D eigenvalue weighted by Gasteiger charge is 2.36. The van der Waals surface area contributed by atoms with E-state index in [-0.39, 0.29) is 30.4 Å². The van der Waals surface area contributed by atoms with E-state index in [0.29, 0.717) is 19.3 Å². The van der Waals surface area contributed by atoms with Gasteiger partial charge in [-0.25, -0.2) is 0 Å². The Kier molecular flexibility index (Phi) is 12.9. The van der Waals surface area contributed by atoms with Crippen molar-refractivity contribution in [1.29, 1.82) is 0 Å². The average molecular weight is 493 g/mol. The Morgan fingerprint density at radius 1 is 1.37 bits per heavy atom. The van der Waals surface area contributed by atoms with Crippen LogP contribution < -0.4 is 11.5 Å². The van der Waals surface area contributed by atoms with Crippen LogP contribution in [0.5, 0.6) is 0 Å². The van der Waals surface area contributed by atoms with E-state index in [9.17, 15) is 14.4 Å². The van der Waals surface area contributed by atoms with Crippen LogP contribution in [0.2, 0.25) is 0 Å². The summed E-state index contributed by atoms with van der Waals surface area (Å²) in [5.74, 6) is 0.488. The number of nitrogens with zero attached hydrogens (tertiary/aromatic N) is 2. The van der Waals surface area contributed by atoms with E-state index < -0.39 is 11.6 Å². The highest BCUT2D eigenvalue weighted by atomic mass is 16.5. The van der Waals surface area contributed by atoms with Crippen LogP contribution in [0.3, 0.4) is 0 Å². The van der Waals surface area contributed by atoms with Gasteiger partial charge in [0.1, 0.15) is 17.6 Å². The largest absolute Gasteiger partial charge is 0.494 e. The summed E-state index contributed by atoms with van der Waals surface area (Å²) >= 11 is 0. The molecular formula is C26H44N4O5. The van der Waals surface area contributed by atoms with Crippen molar-refractivity contribution in [3.63, 3.8) is 0 Å². The van der Waals surface area contributed by atoms with Crippen molar-refractivity contribution in [2.75, 3.05) is 33.9 Å². The van der Waals surface area contributed by atoms with Crippen molar-refractivity contribution in [3.05, 3.63) is 36.1 Å². The lowest BCUT2D eigenvalue weighted by Crippen LogP contribution is -2.51. The molecule has 2 amide bonds. The molecule has 2 heterocycles. The number of likely N-dealkylation sites (N-methyl/N-ethyl adjacent to an activating group) is 1. The number of primary amides is 1. The summed E-state index contributed by atoms with van der Waals surface area (Å²) in [6.45, 7) is 10.5. The molecule has 9 heteroatoms. The molecule has 0 aromatic carbocycles. The van der Waals surface area contributed by atoms with Crippen LogP contribution >= 0.6 is 0 Å². The van der Waals surface area contributed by atoms with Crippen molar-refractivity contribution in [3.8, 4) is 0 Å². The maximum Gasteiger partial charge on any atom is 0.254 e. The Morgan fingerprint density at radius 3 is 2.57 bits per heavy atom. The number of methoxy groups -OCH3 is 1. The zero-order valence-electron chi connectivity index (χ0n) is 22.0. The van der Waals surface area contributed by atoms with Gasteiger partial charge in [0.15, 0.2) is 0 Å². The van der Waals surface area contributed by atoms with Crippen LogP contribution in [-0.4, -0.2) is 85.5 Å². The third-order valence-electron chi connectivity index (χ3n) is 6.57. The maximum atomic E-state index is 12.6. The van der Waals surface area contributed by atoms with Crippen molar-refractivity contribution in [1.82, 2.24) is 9.80 Å². The normalized spacial score (nSPS) is 23.7. The predicted octanol–water partition coefficient (Wildman–Crippen LogP) is 1.92. The molecular weight excluding hydrogens is 448 g/mol. The first-order valence-electron chi connectivity index (χ1n) is 12.2. The van der Waals surface area contributed by atoms with E-state index in [1.165, 1.54) is 12.7 Å². The number of likely N-dealkylation sites (tertiary alicyclic amines) is 1. The molecule has 35 heavy (non-hydrogen) atoms. The third-order valence-corrected chi connectivity index (χ3v) is 6.57. The number of rotatable bonds is 10. The van der Waals surface area contributed by atoms with Crippen molar-refractivity contribution >= 4 is 18.1 Å². The fraction of sp³-hybridized carbons (Fsp3) is 0.654. The molecule has 4 N–H and O–H groups in total. The number of ether oxygens (including phenoxy) is 2. The molecule has 9 nitrogen and oxygen atoms in total. The van der Waals surface area contributed by atoms with Gasteiger partial charge in [-0.1, -0.05) is 18.7 Å². The Hall–Kier alpha value is -2.49. The SMILES string of the molecule is C=C/C=C1/CCCO/C1=C/C.COC(C)(C)C(=O)N(CCC1CCC(C(N)=O)N1C)CC(N)C=O. The number of aldehydes is 1. The summed E-state index contributed by atoms with van der Waals surface area (Å²) in [5, 5.41) is 0. The number of amides is 2. The molecule has 0 aromatic rings. The van der Waals surface area contributed by atoms with Crippen LogP contribution in [0.15, 0.2) is 36.1 Å². The van der Waals surface area contributed by atoms with Gasteiger partial charge in [-0.2, -0.15) is 0 Å². The Labute approximate surface area is 210 Å². The fourth-order valence-electron chi connectivity index (χ4n) is 4.29. The molecule has 2 aliphatic rings. The first-order chi connectivity index (χ1) is 16.5. The second kappa shape index (κ2) is 14.8. The van der Waals surface area contributed by atoms with Crippen LogP contribution in [0.4, 0.5) is 0 Å². The topological polar surface area (TPSA) is 128 Å². The van der Waals surface area contributed by atoms with Gasteiger partial charge in [0.05, 0.1) is 18.7 Å². The molecule has 0 spiro atoms. The number of nitrogens with two attached hydrogens (primary N) is 2. The van der Waals surface area contributed by atoms with Crippen molar-refractivity contribution in [2.45, 2.75) is 76.6 Å². The minimum Gasteiger partial charge on any atom is -0.494 e. The van der Waals surface area contributed by atoms with Gasteiger partial charge in [-0.3, -0.25) is 14.5 Å². The zero-order chi connectivity index (χ0) is 26.6. The van der Waals surface area contributed by atoms with E-state index in [0.717, 1.165) is 38.0 Å². The standard InChI is InChI=1S/C16H30N4O4.C10H14O/c1-16(2,24-4)15(23)20(9-11(17)10-21)8-7-12-5-6-13(14(18)22)19(12)3;1-3-6-9-7-5-8-11-10(9)4-2/h10-13H,5-9,17H2,1-4H3,(H2,18,22);3-4,6H,1,5,7-8H2,2H3/b;9-6-,10-4+. The molecule has 0 aliphatic carbocycles. The molecule has 0 bridgehead atoms. The Bertz CT molecular complexity index is 793. The zero-order valence-corrected chi connectivity index (χ0v) is 22.0. The summed E-state index contributed by atoms with van der Waals surface area (Å²) in [5.41, 5.74) is 11.4. The highest BCUT2D eigenvalue weighted by molar-refractivity contribution is 5.84.